The van der Waals surface area contributed by atoms with E-state index in [2.05, 4.69) is 36.2 Å². The molecule has 1 amide bonds. The highest BCUT2D eigenvalue weighted by Crippen LogP contribution is 2.17. The molecule has 0 radical (unpaired) electrons. The van der Waals surface area contributed by atoms with Crippen LogP contribution in [0.2, 0.25) is 0 Å². The molecule has 0 saturated heterocycles. The zero-order valence-electron chi connectivity index (χ0n) is 21.8. The molecule has 3 N–H and O–H groups in total. The maximum absolute atomic E-state index is 11.8. The smallest absolute Gasteiger partial charge is 0.225 e. The quantitative estimate of drug-likeness (QED) is 0.129. The van der Waals surface area contributed by atoms with E-state index in [-0.39, 0.29) is 17.9 Å². The van der Waals surface area contributed by atoms with Gasteiger partial charge in [-0.05, 0) is 24.7 Å². The third-order valence-corrected chi connectivity index (χ3v) is 4.45. The van der Waals surface area contributed by atoms with Crippen LogP contribution in [0.5, 0.6) is 0 Å². The van der Waals surface area contributed by atoms with Gasteiger partial charge >= 0.3 is 0 Å². The van der Waals surface area contributed by atoms with Gasteiger partial charge in [0.1, 0.15) is 5.71 Å². The number of carbonyl (C=O) groups excluding carboxylic acids is 1. The van der Waals surface area contributed by atoms with Gasteiger partial charge in [-0.1, -0.05) is 41.5 Å². The highest BCUT2D eigenvalue weighted by Gasteiger charge is 2.19. The van der Waals surface area contributed by atoms with E-state index in [1.807, 2.05) is 20.8 Å². The Kier molecular flexibility index (Phi) is 17.9. The summed E-state index contributed by atoms with van der Waals surface area (Å²) in [6.45, 7) is 17.8. The van der Waals surface area contributed by atoms with E-state index in [4.69, 9.17) is 24.8 Å². The van der Waals surface area contributed by atoms with E-state index in [9.17, 15) is 4.79 Å². The fraction of sp³-hybridized carbons (Fsp3) is 0.875. The van der Waals surface area contributed by atoms with Gasteiger partial charge in [-0.3, -0.25) is 9.79 Å². The predicted molar refractivity (Wildman–Crippen MR) is 134 cm³/mol. The van der Waals surface area contributed by atoms with Gasteiger partial charge in [-0.25, -0.2) is 0 Å². The van der Waals surface area contributed by atoms with Gasteiger partial charge in [-0.2, -0.15) is 5.10 Å². The second-order valence-electron chi connectivity index (χ2n) is 10.1. The molecule has 0 aromatic carbocycles. The lowest BCUT2D eigenvalue weighted by Gasteiger charge is -2.17. The lowest BCUT2D eigenvalue weighted by atomic mass is 9.93. The minimum Gasteiger partial charge on any atom is -0.379 e. The molecule has 0 aliphatic rings. The Hall–Kier alpha value is -1.55. The van der Waals surface area contributed by atoms with Crippen molar-refractivity contribution in [2.75, 3.05) is 65.9 Å². The second kappa shape index (κ2) is 18.8. The molecule has 0 saturated carbocycles. The number of hydrogen-bond acceptors (Lipinski definition) is 8. The van der Waals surface area contributed by atoms with Crippen molar-refractivity contribution in [2.24, 2.45) is 26.8 Å². The molecule has 33 heavy (non-hydrogen) atoms. The standard InChI is InChI=1S/C24H48N4O5/c1-23(2,3)9-12-30-13-14-31-15-16-32-17-18-33-20-21(28-25)19-26-10-7-8-11-27-22(29)24(4,5)6/h19H,7-18,20,25H2,1-6H3,(H,27,29)/b26-19?,28-21+. The Morgan fingerprint density at radius 1 is 0.848 bits per heavy atom. The topological polar surface area (TPSA) is 117 Å². The number of ether oxygens (including phenoxy) is 4. The lowest BCUT2D eigenvalue weighted by molar-refractivity contribution is -0.128. The number of hydrogen-bond donors (Lipinski definition) is 2. The molecule has 0 bridgehead atoms. The van der Waals surface area contributed by atoms with Crippen LogP contribution in [0, 0.1) is 10.8 Å². The summed E-state index contributed by atoms with van der Waals surface area (Å²) in [6, 6.07) is 0. The fourth-order valence-corrected chi connectivity index (χ4v) is 2.29. The van der Waals surface area contributed by atoms with Crippen molar-refractivity contribution >= 4 is 17.8 Å². The van der Waals surface area contributed by atoms with Gasteiger partial charge in [0.25, 0.3) is 0 Å². The minimum absolute atomic E-state index is 0.0638. The molecular weight excluding hydrogens is 424 g/mol. The van der Waals surface area contributed by atoms with Crippen LogP contribution in [0.4, 0.5) is 0 Å². The number of hydrazone groups is 1. The Bertz CT molecular complexity index is 554. The van der Waals surface area contributed by atoms with E-state index < -0.39 is 0 Å². The highest BCUT2D eigenvalue weighted by molar-refractivity contribution is 6.31. The number of carbonyl (C=O) groups is 1. The Balaban J connectivity index is 3.53. The number of nitrogens with one attached hydrogen (secondary N) is 1. The molecule has 0 aromatic heterocycles. The molecular formula is C24H48N4O5. The largest absolute Gasteiger partial charge is 0.379 e. The van der Waals surface area contributed by atoms with Gasteiger partial charge in [-0.15, -0.1) is 0 Å². The van der Waals surface area contributed by atoms with Crippen molar-refractivity contribution in [3.63, 3.8) is 0 Å². The van der Waals surface area contributed by atoms with E-state index >= 15 is 0 Å². The highest BCUT2D eigenvalue weighted by atomic mass is 16.6. The SMILES string of the molecule is CC(C)(C)CCOCCOCCOCCOC/C(C=NCCCCNC(=O)C(C)(C)C)=N/N. The first-order valence-corrected chi connectivity index (χ1v) is 11.9. The first-order valence-electron chi connectivity index (χ1n) is 11.9. The fourth-order valence-electron chi connectivity index (χ4n) is 2.29. The lowest BCUT2D eigenvalue weighted by Crippen LogP contribution is -2.35. The molecule has 9 heteroatoms. The molecule has 0 heterocycles. The molecule has 0 aromatic rings. The molecule has 0 rings (SSSR count). The number of rotatable bonds is 19. The molecule has 0 unspecified atom stereocenters. The summed E-state index contributed by atoms with van der Waals surface area (Å²) in [5.74, 6) is 5.44. The van der Waals surface area contributed by atoms with Crippen LogP contribution in [-0.2, 0) is 23.7 Å². The van der Waals surface area contributed by atoms with Crippen LogP contribution >= 0.6 is 0 Å². The molecule has 0 atom stereocenters. The molecule has 0 fully saturated rings. The molecule has 0 spiro atoms. The van der Waals surface area contributed by atoms with Crippen LogP contribution in [0.25, 0.3) is 0 Å². The van der Waals surface area contributed by atoms with Crippen molar-refractivity contribution in [3.8, 4) is 0 Å². The van der Waals surface area contributed by atoms with Gasteiger partial charge in [0.15, 0.2) is 0 Å². The van der Waals surface area contributed by atoms with Crippen molar-refractivity contribution in [1.29, 1.82) is 0 Å². The number of nitrogens with zero attached hydrogens (tertiary/aromatic N) is 2. The number of amides is 1. The monoisotopic (exact) mass is 472 g/mol. The molecule has 9 nitrogen and oxygen atoms in total. The van der Waals surface area contributed by atoms with Gasteiger partial charge in [0, 0.05) is 31.3 Å². The van der Waals surface area contributed by atoms with Crippen molar-refractivity contribution in [2.45, 2.75) is 60.8 Å². The third-order valence-electron chi connectivity index (χ3n) is 4.45. The third kappa shape index (κ3) is 22.0. The summed E-state index contributed by atoms with van der Waals surface area (Å²) in [5, 5.41) is 6.61. The summed E-state index contributed by atoms with van der Waals surface area (Å²) in [7, 11) is 0. The minimum atomic E-state index is -0.357. The van der Waals surface area contributed by atoms with E-state index in [0.29, 0.717) is 63.9 Å². The number of nitrogens with two attached hydrogens (primary N) is 1. The van der Waals surface area contributed by atoms with E-state index in [1.165, 1.54) is 0 Å². The predicted octanol–water partition coefficient (Wildman–Crippen LogP) is 2.82. The summed E-state index contributed by atoms with van der Waals surface area (Å²) in [6.07, 6.45) is 4.41. The van der Waals surface area contributed by atoms with E-state index in [0.717, 1.165) is 25.9 Å². The van der Waals surface area contributed by atoms with Crippen LogP contribution in [0.1, 0.15) is 60.8 Å². The van der Waals surface area contributed by atoms with Crippen LogP contribution in [0.15, 0.2) is 10.1 Å². The zero-order chi connectivity index (χ0) is 25.0. The van der Waals surface area contributed by atoms with Crippen LogP contribution in [-0.4, -0.2) is 83.8 Å². The van der Waals surface area contributed by atoms with Crippen molar-refractivity contribution in [3.05, 3.63) is 0 Å². The maximum Gasteiger partial charge on any atom is 0.225 e. The maximum atomic E-state index is 11.8. The van der Waals surface area contributed by atoms with Gasteiger partial charge in [0.05, 0.1) is 46.2 Å². The van der Waals surface area contributed by atoms with Crippen LogP contribution < -0.4 is 11.2 Å². The average molecular weight is 473 g/mol. The zero-order valence-corrected chi connectivity index (χ0v) is 21.8. The van der Waals surface area contributed by atoms with E-state index in [1.54, 1.807) is 6.21 Å². The normalized spacial score (nSPS) is 13.1. The first kappa shape index (κ1) is 31.4. The molecule has 0 aliphatic carbocycles. The Morgan fingerprint density at radius 2 is 1.39 bits per heavy atom. The summed E-state index contributed by atoms with van der Waals surface area (Å²) in [5.41, 5.74) is 0.517. The second-order valence-corrected chi connectivity index (χ2v) is 10.1. The first-order chi connectivity index (χ1) is 15.6. The van der Waals surface area contributed by atoms with Crippen molar-refractivity contribution in [1.82, 2.24) is 5.32 Å². The summed E-state index contributed by atoms with van der Waals surface area (Å²) >= 11 is 0. The van der Waals surface area contributed by atoms with Crippen molar-refractivity contribution < 1.29 is 23.7 Å². The number of unbranched alkanes of at least 4 members (excludes halogenated alkanes) is 1. The summed E-state index contributed by atoms with van der Waals surface area (Å²) in [4.78, 5) is 16.1. The van der Waals surface area contributed by atoms with Gasteiger partial charge in [0.2, 0.25) is 5.91 Å². The van der Waals surface area contributed by atoms with Gasteiger partial charge < -0.3 is 30.1 Å². The number of aliphatic imine (C=N–C) groups is 1. The molecule has 194 valence electrons. The average Bonchev–Trinajstić information content (AvgIpc) is 2.73. The Labute approximate surface area is 200 Å². The molecule has 0 aliphatic heterocycles. The Morgan fingerprint density at radius 3 is 1.91 bits per heavy atom. The summed E-state index contributed by atoms with van der Waals surface area (Å²) < 4.78 is 22.0. The van der Waals surface area contributed by atoms with Crippen LogP contribution in [0.3, 0.4) is 0 Å².